The molecular formula is C36H48O2. The fourth-order valence-corrected chi connectivity index (χ4v) is 4.67. The smallest absolute Gasteiger partial charge is 0.336 e. The molecule has 1 aromatic carbocycles. The monoisotopic (exact) mass is 512 g/mol. The number of benzene rings is 1. The molecule has 1 aliphatic carbocycles. The van der Waals surface area contributed by atoms with E-state index in [1.807, 2.05) is 43.3 Å². The molecule has 0 saturated heterocycles. The van der Waals surface area contributed by atoms with Gasteiger partial charge in [0.25, 0.3) is 0 Å². The summed E-state index contributed by atoms with van der Waals surface area (Å²) in [6.45, 7) is 17.4. The summed E-state index contributed by atoms with van der Waals surface area (Å²) < 4.78 is 5.49. The molecule has 0 fully saturated rings. The van der Waals surface area contributed by atoms with E-state index in [0.29, 0.717) is 11.7 Å². The number of rotatable bonds is 11. The minimum atomic E-state index is -0.370. The highest BCUT2D eigenvalue weighted by Crippen LogP contribution is 2.40. The molecule has 2 nitrogen and oxygen atoms in total. The zero-order valence-electron chi connectivity index (χ0n) is 24.9. The molecule has 1 unspecified atom stereocenters. The van der Waals surface area contributed by atoms with Crippen molar-refractivity contribution in [2.75, 3.05) is 0 Å². The Morgan fingerprint density at radius 1 is 1.03 bits per heavy atom. The van der Waals surface area contributed by atoms with E-state index in [9.17, 15) is 4.79 Å². The molecule has 2 heteroatoms. The van der Waals surface area contributed by atoms with Crippen molar-refractivity contribution in [1.82, 2.24) is 0 Å². The van der Waals surface area contributed by atoms with Gasteiger partial charge >= 0.3 is 5.97 Å². The zero-order valence-corrected chi connectivity index (χ0v) is 24.9. The lowest BCUT2D eigenvalue weighted by Crippen LogP contribution is -2.19. The van der Waals surface area contributed by atoms with E-state index < -0.39 is 0 Å². The second-order valence-corrected chi connectivity index (χ2v) is 11.6. The van der Waals surface area contributed by atoms with E-state index in [4.69, 9.17) is 4.74 Å². The van der Waals surface area contributed by atoms with Gasteiger partial charge in [0.05, 0.1) is 0 Å². The van der Waals surface area contributed by atoms with Gasteiger partial charge in [-0.15, -0.1) is 0 Å². The van der Waals surface area contributed by atoms with E-state index in [-0.39, 0.29) is 11.4 Å². The number of esters is 1. The van der Waals surface area contributed by atoms with Gasteiger partial charge in [0.2, 0.25) is 0 Å². The van der Waals surface area contributed by atoms with E-state index in [1.165, 1.54) is 47.6 Å². The number of hydrogen-bond acceptors (Lipinski definition) is 2. The van der Waals surface area contributed by atoms with Crippen LogP contribution in [0.2, 0.25) is 0 Å². The summed E-state index contributed by atoms with van der Waals surface area (Å²) in [7, 11) is 0. The van der Waals surface area contributed by atoms with Gasteiger partial charge in [-0.05, 0) is 107 Å². The van der Waals surface area contributed by atoms with Crippen LogP contribution in [0, 0.1) is 11.3 Å². The Morgan fingerprint density at radius 3 is 2.39 bits per heavy atom. The minimum absolute atomic E-state index is 0.245. The summed E-state index contributed by atoms with van der Waals surface area (Å²) in [5.41, 5.74) is 7.71. The molecular weight excluding hydrogens is 464 g/mol. The normalized spacial score (nSPS) is 17.5. The first-order chi connectivity index (χ1) is 18.0. The van der Waals surface area contributed by atoms with Crippen LogP contribution in [-0.2, 0) is 4.79 Å². The lowest BCUT2D eigenvalue weighted by molar-refractivity contribution is -0.129. The first-order valence-electron chi connectivity index (χ1n) is 14.0. The Kier molecular flexibility index (Phi) is 12.5. The Hall–Kier alpha value is -3.13. The lowest BCUT2D eigenvalue weighted by atomic mass is 9.72. The molecule has 1 atom stereocenters. The Bertz CT molecular complexity index is 1140. The molecule has 0 spiro atoms. The van der Waals surface area contributed by atoms with Gasteiger partial charge in [-0.3, -0.25) is 0 Å². The van der Waals surface area contributed by atoms with Crippen LogP contribution in [0.4, 0.5) is 0 Å². The van der Waals surface area contributed by atoms with E-state index >= 15 is 0 Å². The molecule has 0 amide bonds. The molecule has 2 rings (SSSR count). The summed E-state index contributed by atoms with van der Waals surface area (Å²) in [6.07, 6.45) is 24.6. The van der Waals surface area contributed by atoms with Gasteiger partial charge < -0.3 is 4.74 Å². The highest BCUT2D eigenvalue weighted by Gasteiger charge is 2.26. The highest BCUT2D eigenvalue weighted by molar-refractivity contribution is 5.85. The third-order valence-corrected chi connectivity index (χ3v) is 7.01. The third kappa shape index (κ3) is 11.5. The summed E-state index contributed by atoms with van der Waals surface area (Å²) >= 11 is 0. The number of carbonyl (C=O) groups excluding carboxylic acids is 1. The third-order valence-electron chi connectivity index (χ3n) is 7.01. The SMILES string of the molecule is CC(C)=CCCC(C)/C=C/c1ccc(OC(=O)/C=C(C)/C=C/C=C(C)/C=C/C2=C(C)CCCC2(C)C)cc1. The first kappa shape index (κ1) is 31.1. The maximum absolute atomic E-state index is 12.4. The Morgan fingerprint density at radius 2 is 1.74 bits per heavy atom. The van der Waals surface area contributed by atoms with Crippen molar-refractivity contribution in [3.8, 4) is 5.75 Å². The van der Waals surface area contributed by atoms with Gasteiger partial charge in [0, 0.05) is 6.08 Å². The predicted molar refractivity (Wildman–Crippen MR) is 165 cm³/mol. The number of carbonyl (C=O) groups is 1. The van der Waals surface area contributed by atoms with Gasteiger partial charge in [0.1, 0.15) is 5.75 Å². The van der Waals surface area contributed by atoms with Crippen LogP contribution in [0.15, 0.2) is 101 Å². The molecule has 0 radical (unpaired) electrons. The Labute approximate surface area is 232 Å². The minimum Gasteiger partial charge on any atom is -0.423 e. The second-order valence-electron chi connectivity index (χ2n) is 11.6. The fraction of sp³-hybridized carbons (Fsp3) is 0.417. The van der Waals surface area contributed by atoms with Crippen molar-refractivity contribution in [2.45, 2.75) is 87.5 Å². The quantitative estimate of drug-likeness (QED) is 0.0969. The van der Waals surface area contributed by atoms with Crippen LogP contribution in [0.25, 0.3) is 6.08 Å². The van der Waals surface area contributed by atoms with Crippen LogP contribution in [0.3, 0.4) is 0 Å². The van der Waals surface area contributed by atoms with Crippen molar-refractivity contribution in [3.05, 3.63) is 106 Å². The van der Waals surface area contributed by atoms with Crippen LogP contribution in [-0.4, -0.2) is 5.97 Å². The largest absolute Gasteiger partial charge is 0.423 e. The summed E-state index contributed by atoms with van der Waals surface area (Å²) in [5.74, 6) is 0.698. The molecule has 0 aliphatic heterocycles. The van der Waals surface area contributed by atoms with E-state index in [2.05, 4.69) is 84.9 Å². The average molecular weight is 513 g/mol. The average Bonchev–Trinajstić information content (AvgIpc) is 2.82. The second kappa shape index (κ2) is 15.3. The molecule has 1 aliphatic rings. The predicted octanol–water partition coefficient (Wildman–Crippen LogP) is 10.5. The summed E-state index contributed by atoms with van der Waals surface area (Å²) in [5, 5.41) is 0. The van der Waals surface area contributed by atoms with Crippen LogP contribution in [0.1, 0.15) is 93.1 Å². The van der Waals surface area contributed by atoms with Gasteiger partial charge in [-0.25, -0.2) is 4.79 Å². The fourth-order valence-electron chi connectivity index (χ4n) is 4.67. The molecule has 0 heterocycles. The van der Waals surface area contributed by atoms with Crippen molar-refractivity contribution in [3.63, 3.8) is 0 Å². The standard InChI is InChI=1S/C36H48O2/c1-27(2)12-9-13-28(3)17-19-32-20-22-33(23-21-32)38-35(37)26-30(5)15-10-14-29(4)18-24-34-31(6)16-11-25-36(34,7)8/h10,12,14-15,17-24,26,28H,9,11,13,16,25H2,1-8H3/b15-10+,19-17+,24-18+,29-14+,30-26+. The molecule has 204 valence electrons. The maximum atomic E-state index is 12.4. The number of hydrogen-bond donors (Lipinski definition) is 0. The van der Waals surface area contributed by atoms with Crippen LogP contribution in [0.5, 0.6) is 5.75 Å². The summed E-state index contributed by atoms with van der Waals surface area (Å²) in [4.78, 5) is 12.4. The Balaban J connectivity index is 1.88. The van der Waals surface area contributed by atoms with Crippen molar-refractivity contribution in [2.24, 2.45) is 11.3 Å². The number of ether oxygens (including phenoxy) is 1. The molecule has 1 aromatic rings. The van der Waals surface area contributed by atoms with Gasteiger partial charge in [-0.2, -0.15) is 0 Å². The summed E-state index contributed by atoms with van der Waals surface area (Å²) in [6, 6.07) is 7.64. The first-order valence-corrected chi connectivity index (χ1v) is 14.0. The van der Waals surface area contributed by atoms with Gasteiger partial charge in [0.15, 0.2) is 0 Å². The van der Waals surface area contributed by atoms with E-state index in [0.717, 1.165) is 24.0 Å². The van der Waals surface area contributed by atoms with Gasteiger partial charge in [-0.1, -0.05) is 98.2 Å². The van der Waals surface area contributed by atoms with Crippen LogP contribution < -0.4 is 4.74 Å². The molecule has 0 bridgehead atoms. The lowest BCUT2D eigenvalue weighted by Gasteiger charge is -2.32. The number of allylic oxidation sites excluding steroid dienone is 12. The van der Waals surface area contributed by atoms with Crippen molar-refractivity contribution in [1.29, 1.82) is 0 Å². The van der Waals surface area contributed by atoms with Crippen molar-refractivity contribution < 1.29 is 9.53 Å². The molecule has 38 heavy (non-hydrogen) atoms. The van der Waals surface area contributed by atoms with E-state index in [1.54, 1.807) is 0 Å². The molecule has 0 aromatic heterocycles. The zero-order chi connectivity index (χ0) is 28.1. The molecule has 0 saturated carbocycles. The topological polar surface area (TPSA) is 26.3 Å². The van der Waals surface area contributed by atoms with Crippen molar-refractivity contribution >= 4 is 12.0 Å². The molecule has 0 N–H and O–H groups in total. The maximum Gasteiger partial charge on any atom is 0.336 e. The van der Waals surface area contributed by atoms with Crippen LogP contribution >= 0.6 is 0 Å². The highest BCUT2D eigenvalue weighted by atomic mass is 16.5.